The van der Waals surface area contributed by atoms with Crippen LogP contribution in [-0.4, -0.2) is 60.8 Å². The van der Waals surface area contributed by atoms with Crippen molar-refractivity contribution >= 4 is 11.9 Å². The molecule has 0 unspecified atom stereocenters. The summed E-state index contributed by atoms with van der Waals surface area (Å²) in [5.41, 5.74) is 0. The van der Waals surface area contributed by atoms with E-state index in [-0.39, 0.29) is 11.9 Å². The van der Waals surface area contributed by atoms with Crippen LogP contribution in [0.25, 0.3) is 0 Å². The zero-order valence-electron chi connectivity index (χ0n) is 14.1. The van der Waals surface area contributed by atoms with Crippen LogP contribution in [0.5, 0.6) is 0 Å². The third-order valence-electron chi connectivity index (χ3n) is 4.72. The summed E-state index contributed by atoms with van der Waals surface area (Å²) in [6, 6.07) is 3.80. The molecule has 6 nitrogen and oxygen atoms in total. The molecule has 3 rings (SSSR count). The SMILES string of the molecule is CCOC(=O)N1CCC(N[C@@H]2CCN(c3ncccc3F)C2)CC1. The lowest BCUT2D eigenvalue weighted by molar-refractivity contribution is 0.0944. The minimum Gasteiger partial charge on any atom is -0.450 e. The molecule has 2 saturated heterocycles. The first kappa shape index (κ1) is 17.0. The third kappa shape index (κ3) is 3.95. The lowest BCUT2D eigenvalue weighted by atomic mass is 10.0. The first-order valence-electron chi connectivity index (χ1n) is 8.70. The fourth-order valence-electron chi connectivity index (χ4n) is 3.48. The summed E-state index contributed by atoms with van der Waals surface area (Å²) in [4.78, 5) is 19.6. The molecule has 0 aliphatic carbocycles. The van der Waals surface area contributed by atoms with Gasteiger partial charge in [0.2, 0.25) is 0 Å². The van der Waals surface area contributed by atoms with Gasteiger partial charge < -0.3 is 19.9 Å². The number of carbonyl (C=O) groups excluding carboxylic acids is 1. The van der Waals surface area contributed by atoms with Crippen molar-refractivity contribution in [2.24, 2.45) is 0 Å². The van der Waals surface area contributed by atoms with Crippen molar-refractivity contribution in [1.82, 2.24) is 15.2 Å². The zero-order valence-corrected chi connectivity index (χ0v) is 14.1. The summed E-state index contributed by atoms with van der Waals surface area (Å²) in [6.07, 6.45) is 4.24. The Kier molecular flexibility index (Phi) is 5.50. The van der Waals surface area contributed by atoms with E-state index in [1.54, 1.807) is 17.2 Å². The molecule has 7 heteroatoms. The Hall–Kier alpha value is -1.89. The topological polar surface area (TPSA) is 57.7 Å². The van der Waals surface area contributed by atoms with Gasteiger partial charge in [-0.25, -0.2) is 14.2 Å². The van der Waals surface area contributed by atoms with Crippen LogP contribution in [0.15, 0.2) is 18.3 Å². The Balaban J connectivity index is 1.45. The normalized spacial score (nSPS) is 22.0. The van der Waals surface area contributed by atoms with Crippen molar-refractivity contribution in [2.45, 2.75) is 38.3 Å². The van der Waals surface area contributed by atoms with Crippen LogP contribution in [0.4, 0.5) is 15.0 Å². The van der Waals surface area contributed by atoms with Crippen molar-refractivity contribution in [3.63, 3.8) is 0 Å². The zero-order chi connectivity index (χ0) is 16.9. The van der Waals surface area contributed by atoms with Crippen molar-refractivity contribution in [3.05, 3.63) is 24.1 Å². The molecule has 1 N–H and O–H groups in total. The quantitative estimate of drug-likeness (QED) is 0.911. The Morgan fingerprint density at radius 2 is 2.08 bits per heavy atom. The standard InChI is InChI=1S/C17H25FN4O2/c1-2-24-17(23)21-9-5-13(6-10-21)20-14-7-11-22(12-14)16-15(18)4-3-8-19-16/h3-4,8,13-14,20H,2,5-7,9-12H2,1H3/t14-/m1/s1. The molecule has 1 amide bonds. The van der Waals surface area contributed by atoms with E-state index in [0.717, 1.165) is 45.4 Å². The van der Waals surface area contributed by atoms with Crippen molar-refractivity contribution in [2.75, 3.05) is 37.7 Å². The highest BCUT2D eigenvalue weighted by Crippen LogP contribution is 2.22. The van der Waals surface area contributed by atoms with Crippen LogP contribution >= 0.6 is 0 Å². The number of amides is 1. The lowest BCUT2D eigenvalue weighted by Gasteiger charge is -2.33. The van der Waals surface area contributed by atoms with Gasteiger partial charge in [0.25, 0.3) is 0 Å². The highest BCUT2D eigenvalue weighted by atomic mass is 19.1. The molecule has 2 aliphatic heterocycles. The molecule has 2 fully saturated rings. The number of nitrogens with zero attached hydrogens (tertiary/aromatic N) is 3. The van der Waals surface area contributed by atoms with Crippen molar-refractivity contribution in [3.8, 4) is 0 Å². The molecule has 2 aliphatic rings. The molecule has 1 aromatic heterocycles. The first-order valence-corrected chi connectivity index (χ1v) is 8.70. The van der Waals surface area contributed by atoms with Gasteiger partial charge in [-0.3, -0.25) is 0 Å². The smallest absolute Gasteiger partial charge is 0.409 e. The van der Waals surface area contributed by atoms with E-state index >= 15 is 0 Å². The van der Waals surface area contributed by atoms with Gasteiger partial charge in [0.05, 0.1) is 6.61 Å². The Bertz CT molecular complexity index is 563. The predicted molar refractivity (Wildman–Crippen MR) is 89.6 cm³/mol. The maximum Gasteiger partial charge on any atom is 0.409 e. The largest absolute Gasteiger partial charge is 0.450 e. The second kappa shape index (κ2) is 7.79. The van der Waals surface area contributed by atoms with E-state index in [1.165, 1.54) is 6.07 Å². The fraction of sp³-hybridized carbons (Fsp3) is 0.647. The van der Waals surface area contributed by atoms with E-state index in [2.05, 4.69) is 10.3 Å². The molecule has 0 bridgehead atoms. The number of likely N-dealkylation sites (tertiary alicyclic amines) is 1. The molecular weight excluding hydrogens is 311 g/mol. The van der Waals surface area contributed by atoms with Crippen LogP contribution in [-0.2, 0) is 4.74 Å². The average molecular weight is 336 g/mol. The molecule has 1 aromatic rings. The third-order valence-corrected chi connectivity index (χ3v) is 4.72. The Labute approximate surface area is 142 Å². The van der Waals surface area contributed by atoms with E-state index in [1.807, 2.05) is 11.8 Å². The van der Waals surface area contributed by atoms with Crippen LogP contribution in [0.2, 0.25) is 0 Å². The minimum atomic E-state index is -0.263. The number of nitrogens with one attached hydrogen (secondary N) is 1. The number of pyridine rings is 1. The second-order valence-electron chi connectivity index (χ2n) is 6.37. The maximum absolute atomic E-state index is 13.8. The lowest BCUT2D eigenvalue weighted by Crippen LogP contribution is -2.48. The Morgan fingerprint density at radius 1 is 1.33 bits per heavy atom. The summed E-state index contributed by atoms with van der Waals surface area (Å²) in [7, 11) is 0. The van der Waals surface area contributed by atoms with Crippen molar-refractivity contribution in [1.29, 1.82) is 0 Å². The molecule has 0 radical (unpaired) electrons. The molecule has 0 saturated carbocycles. The maximum atomic E-state index is 13.8. The number of hydrogen-bond donors (Lipinski definition) is 1. The van der Waals surface area contributed by atoms with Gasteiger partial charge in [-0.1, -0.05) is 0 Å². The van der Waals surface area contributed by atoms with Gasteiger partial charge >= 0.3 is 6.09 Å². The molecule has 24 heavy (non-hydrogen) atoms. The minimum absolute atomic E-state index is 0.214. The highest BCUT2D eigenvalue weighted by molar-refractivity contribution is 5.67. The second-order valence-corrected chi connectivity index (χ2v) is 6.37. The molecular formula is C17H25FN4O2. The first-order chi connectivity index (χ1) is 11.7. The van der Waals surface area contributed by atoms with Gasteiger partial charge in [-0.15, -0.1) is 0 Å². The summed E-state index contributed by atoms with van der Waals surface area (Å²) in [5, 5.41) is 3.66. The average Bonchev–Trinajstić information content (AvgIpc) is 3.04. The monoisotopic (exact) mass is 336 g/mol. The number of anilines is 1. The van der Waals surface area contributed by atoms with Crippen LogP contribution in [0, 0.1) is 5.82 Å². The predicted octanol–water partition coefficient (Wildman–Crippen LogP) is 2.01. The molecule has 132 valence electrons. The van der Waals surface area contributed by atoms with Crippen LogP contribution in [0.1, 0.15) is 26.2 Å². The molecule has 0 spiro atoms. The van der Waals surface area contributed by atoms with Gasteiger partial charge in [0.15, 0.2) is 11.6 Å². The molecule has 3 heterocycles. The summed E-state index contributed by atoms with van der Waals surface area (Å²) in [5.74, 6) is 0.180. The number of carbonyl (C=O) groups is 1. The van der Waals surface area contributed by atoms with E-state index in [0.29, 0.717) is 24.5 Å². The summed E-state index contributed by atoms with van der Waals surface area (Å²) in [6.45, 7) is 5.27. The van der Waals surface area contributed by atoms with E-state index < -0.39 is 0 Å². The number of halogens is 1. The molecule has 0 aromatic carbocycles. The number of hydrogen-bond acceptors (Lipinski definition) is 5. The molecule has 1 atom stereocenters. The van der Waals surface area contributed by atoms with E-state index in [4.69, 9.17) is 4.74 Å². The summed E-state index contributed by atoms with van der Waals surface area (Å²) >= 11 is 0. The van der Waals surface area contributed by atoms with Crippen molar-refractivity contribution < 1.29 is 13.9 Å². The summed E-state index contributed by atoms with van der Waals surface area (Å²) < 4.78 is 18.9. The van der Waals surface area contributed by atoms with Gasteiger partial charge in [0.1, 0.15) is 0 Å². The fourth-order valence-corrected chi connectivity index (χ4v) is 3.48. The Morgan fingerprint density at radius 3 is 2.79 bits per heavy atom. The number of rotatable bonds is 4. The number of aromatic nitrogens is 1. The van der Waals surface area contributed by atoms with Gasteiger partial charge in [0, 0.05) is 44.5 Å². The van der Waals surface area contributed by atoms with Crippen LogP contribution < -0.4 is 10.2 Å². The number of ether oxygens (including phenoxy) is 1. The van der Waals surface area contributed by atoms with Gasteiger partial charge in [-0.2, -0.15) is 0 Å². The van der Waals surface area contributed by atoms with E-state index in [9.17, 15) is 9.18 Å². The number of piperidine rings is 1. The van der Waals surface area contributed by atoms with Crippen LogP contribution in [0.3, 0.4) is 0 Å². The van der Waals surface area contributed by atoms with Gasteiger partial charge in [-0.05, 0) is 38.3 Å². The highest BCUT2D eigenvalue weighted by Gasteiger charge is 2.29.